The lowest BCUT2D eigenvalue weighted by Gasteiger charge is -2.22. The van der Waals surface area contributed by atoms with Crippen molar-refractivity contribution >= 4 is 0 Å². The highest BCUT2D eigenvalue weighted by Crippen LogP contribution is 2.27. The van der Waals surface area contributed by atoms with E-state index in [9.17, 15) is 5.11 Å². The molecule has 1 saturated carbocycles. The second-order valence-corrected chi connectivity index (χ2v) is 5.80. The van der Waals surface area contributed by atoms with Gasteiger partial charge in [-0.3, -0.25) is 0 Å². The Morgan fingerprint density at radius 1 is 1.29 bits per heavy atom. The van der Waals surface area contributed by atoms with E-state index in [4.69, 9.17) is 0 Å². The lowest BCUT2D eigenvalue weighted by molar-refractivity contribution is 0.107. The van der Waals surface area contributed by atoms with E-state index in [0.29, 0.717) is 11.3 Å². The van der Waals surface area contributed by atoms with Crippen LogP contribution in [-0.4, -0.2) is 24.3 Å². The van der Waals surface area contributed by atoms with E-state index in [-0.39, 0.29) is 6.10 Å². The molecular weight excluding hydrogens is 174 g/mol. The summed E-state index contributed by atoms with van der Waals surface area (Å²) < 4.78 is 0. The van der Waals surface area contributed by atoms with Crippen molar-refractivity contribution in [2.75, 3.05) is 13.1 Å². The Kier molecular flexibility index (Phi) is 4.39. The SMILES string of the molecule is CC(C)(C)CNCC(O)C1CCCC1. The number of hydrogen-bond acceptors (Lipinski definition) is 2. The van der Waals surface area contributed by atoms with Crippen LogP contribution in [-0.2, 0) is 0 Å². The highest BCUT2D eigenvalue weighted by atomic mass is 16.3. The monoisotopic (exact) mass is 199 g/mol. The Hall–Kier alpha value is -0.0800. The average Bonchev–Trinajstić information content (AvgIpc) is 2.53. The van der Waals surface area contributed by atoms with Gasteiger partial charge in [0.25, 0.3) is 0 Å². The Balaban J connectivity index is 2.11. The van der Waals surface area contributed by atoms with E-state index in [1.54, 1.807) is 0 Å². The number of hydrogen-bond donors (Lipinski definition) is 2. The summed E-state index contributed by atoms with van der Waals surface area (Å²) in [6.07, 6.45) is 4.93. The minimum atomic E-state index is -0.125. The van der Waals surface area contributed by atoms with E-state index in [1.807, 2.05) is 0 Å². The Bertz CT molecular complexity index is 156. The number of aliphatic hydroxyl groups excluding tert-OH is 1. The predicted octanol–water partition coefficient (Wildman–Crippen LogP) is 2.17. The number of nitrogens with one attached hydrogen (secondary N) is 1. The summed E-state index contributed by atoms with van der Waals surface area (Å²) in [4.78, 5) is 0. The smallest absolute Gasteiger partial charge is 0.0692 e. The van der Waals surface area contributed by atoms with Crippen LogP contribution in [0.1, 0.15) is 46.5 Å². The summed E-state index contributed by atoms with van der Waals surface area (Å²) in [7, 11) is 0. The van der Waals surface area contributed by atoms with Gasteiger partial charge in [0.15, 0.2) is 0 Å². The quantitative estimate of drug-likeness (QED) is 0.727. The van der Waals surface area contributed by atoms with Gasteiger partial charge in [-0.25, -0.2) is 0 Å². The zero-order valence-electron chi connectivity index (χ0n) is 9.84. The van der Waals surface area contributed by atoms with Gasteiger partial charge in [0, 0.05) is 13.1 Å². The standard InChI is InChI=1S/C12H25NO/c1-12(2,3)9-13-8-11(14)10-6-4-5-7-10/h10-11,13-14H,4-9H2,1-3H3. The molecule has 0 heterocycles. The van der Waals surface area contributed by atoms with E-state index in [2.05, 4.69) is 26.1 Å². The molecule has 0 radical (unpaired) electrons. The Labute approximate surface area is 88.1 Å². The van der Waals surface area contributed by atoms with Crippen LogP contribution in [0.5, 0.6) is 0 Å². The van der Waals surface area contributed by atoms with E-state index in [0.717, 1.165) is 13.1 Å². The van der Waals surface area contributed by atoms with Crippen molar-refractivity contribution in [3.05, 3.63) is 0 Å². The Morgan fingerprint density at radius 3 is 2.36 bits per heavy atom. The summed E-state index contributed by atoms with van der Waals surface area (Å²) in [6.45, 7) is 8.38. The van der Waals surface area contributed by atoms with Crippen molar-refractivity contribution in [1.82, 2.24) is 5.32 Å². The summed E-state index contributed by atoms with van der Waals surface area (Å²) in [6, 6.07) is 0. The molecule has 0 aromatic rings. The van der Waals surface area contributed by atoms with E-state index < -0.39 is 0 Å². The summed E-state index contributed by atoms with van der Waals surface area (Å²) in [5, 5.41) is 13.2. The first kappa shape index (κ1) is 12.0. The molecule has 0 aromatic carbocycles. The van der Waals surface area contributed by atoms with Crippen molar-refractivity contribution < 1.29 is 5.11 Å². The van der Waals surface area contributed by atoms with Crippen LogP contribution in [0.25, 0.3) is 0 Å². The summed E-state index contributed by atoms with van der Waals surface area (Å²) in [5.74, 6) is 0.558. The molecule has 1 aliphatic carbocycles. The molecule has 1 rings (SSSR count). The third-order valence-electron chi connectivity index (χ3n) is 2.95. The second kappa shape index (κ2) is 5.13. The topological polar surface area (TPSA) is 32.3 Å². The minimum Gasteiger partial charge on any atom is -0.392 e. The van der Waals surface area contributed by atoms with Gasteiger partial charge in [0.2, 0.25) is 0 Å². The van der Waals surface area contributed by atoms with Crippen LogP contribution in [0.4, 0.5) is 0 Å². The third kappa shape index (κ3) is 4.43. The van der Waals surface area contributed by atoms with E-state index in [1.165, 1.54) is 25.7 Å². The van der Waals surface area contributed by atoms with Gasteiger partial charge in [0.1, 0.15) is 0 Å². The zero-order chi connectivity index (χ0) is 10.6. The van der Waals surface area contributed by atoms with Crippen LogP contribution in [0.3, 0.4) is 0 Å². The van der Waals surface area contributed by atoms with Crippen molar-refractivity contribution in [2.24, 2.45) is 11.3 Å². The van der Waals surface area contributed by atoms with Gasteiger partial charge in [-0.2, -0.15) is 0 Å². The van der Waals surface area contributed by atoms with Crippen LogP contribution in [0.15, 0.2) is 0 Å². The van der Waals surface area contributed by atoms with Crippen LogP contribution in [0, 0.1) is 11.3 Å². The van der Waals surface area contributed by atoms with Gasteiger partial charge in [-0.05, 0) is 24.2 Å². The molecule has 1 unspecified atom stereocenters. The van der Waals surface area contributed by atoms with Crippen molar-refractivity contribution in [3.63, 3.8) is 0 Å². The fourth-order valence-corrected chi connectivity index (χ4v) is 2.10. The molecule has 1 fully saturated rings. The molecule has 2 nitrogen and oxygen atoms in total. The maximum atomic E-state index is 9.88. The fraction of sp³-hybridized carbons (Fsp3) is 1.00. The number of aliphatic hydroxyl groups is 1. The lowest BCUT2D eigenvalue weighted by Crippen LogP contribution is -2.36. The van der Waals surface area contributed by atoms with E-state index >= 15 is 0 Å². The van der Waals surface area contributed by atoms with Crippen molar-refractivity contribution in [3.8, 4) is 0 Å². The van der Waals surface area contributed by atoms with Gasteiger partial charge in [-0.15, -0.1) is 0 Å². The predicted molar refractivity (Wildman–Crippen MR) is 60.3 cm³/mol. The highest BCUT2D eigenvalue weighted by molar-refractivity contribution is 4.77. The maximum absolute atomic E-state index is 9.88. The van der Waals surface area contributed by atoms with Crippen LogP contribution < -0.4 is 5.32 Å². The maximum Gasteiger partial charge on any atom is 0.0692 e. The molecule has 0 aliphatic heterocycles. The first-order chi connectivity index (χ1) is 6.49. The second-order valence-electron chi connectivity index (χ2n) is 5.80. The van der Waals surface area contributed by atoms with Gasteiger partial charge >= 0.3 is 0 Å². The molecule has 0 spiro atoms. The molecule has 2 heteroatoms. The highest BCUT2D eigenvalue weighted by Gasteiger charge is 2.23. The first-order valence-electron chi connectivity index (χ1n) is 5.88. The number of rotatable bonds is 4. The molecule has 1 aliphatic rings. The van der Waals surface area contributed by atoms with Gasteiger partial charge in [-0.1, -0.05) is 33.6 Å². The molecule has 0 amide bonds. The zero-order valence-corrected chi connectivity index (χ0v) is 9.84. The molecular formula is C12H25NO. The fourth-order valence-electron chi connectivity index (χ4n) is 2.10. The van der Waals surface area contributed by atoms with Crippen LogP contribution >= 0.6 is 0 Å². The average molecular weight is 199 g/mol. The molecule has 0 saturated heterocycles. The third-order valence-corrected chi connectivity index (χ3v) is 2.95. The molecule has 2 N–H and O–H groups in total. The van der Waals surface area contributed by atoms with Crippen molar-refractivity contribution in [1.29, 1.82) is 0 Å². The van der Waals surface area contributed by atoms with Crippen molar-refractivity contribution in [2.45, 2.75) is 52.6 Å². The Morgan fingerprint density at radius 2 is 1.86 bits per heavy atom. The van der Waals surface area contributed by atoms with Gasteiger partial charge in [0.05, 0.1) is 6.10 Å². The molecule has 0 bridgehead atoms. The molecule has 14 heavy (non-hydrogen) atoms. The molecule has 84 valence electrons. The normalized spacial score (nSPS) is 21.4. The molecule has 1 atom stereocenters. The van der Waals surface area contributed by atoms with Gasteiger partial charge < -0.3 is 10.4 Å². The lowest BCUT2D eigenvalue weighted by atomic mass is 9.96. The summed E-state index contributed by atoms with van der Waals surface area (Å²) in [5.41, 5.74) is 0.315. The molecule has 0 aromatic heterocycles. The first-order valence-corrected chi connectivity index (χ1v) is 5.88. The largest absolute Gasteiger partial charge is 0.392 e. The summed E-state index contributed by atoms with van der Waals surface area (Å²) >= 11 is 0. The van der Waals surface area contributed by atoms with Crippen LogP contribution in [0.2, 0.25) is 0 Å². The minimum absolute atomic E-state index is 0.125.